The molecule has 3 rings (SSSR count). The number of carbonyl (C=O) groups excluding carboxylic acids is 1. The Morgan fingerprint density at radius 1 is 1.28 bits per heavy atom. The van der Waals surface area contributed by atoms with Crippen LogP contribution in [0.4, 0.5) is 0 Å². The quantitative estimate of drug-likeness (QED) is 0.758. The van der Waals surface area contributed by atoms with E-state index in [9.17, 15) is 4.79 Å². The summed E-state index contributed by atoms with van der Waals surface area (Å²) in [6, 6.07) is 9.92. The molecule has 1 atom stereocenters. The summed E-state index contributed by atoms with van der Waals surface area (Å²) in [6.45, 7) is 8.30. The summed E-state index contributed by atoms with van der Waals surface area (Å²) in [4.78, 5) is 14.4. The number of hydrogen-bond donors (Lipinski definition) is 0. The normalized spacial score (nSPS) is 17.8. The molecule has 0 saturated carbocycles. The fraction of sp³-hybridized carbons (Fsp3) is 0.500. The number of esters is 1. The molecule has 134 valence electrons. The van der Waals surface area contributed by atoms with Crippen LogP contribution in [0.15, 0.2) is 30.3 Å². The van der Waals surface area contributed by atoms with Gasteiger partial charge in [-0.3, -0.25) is 4.68 Å². The molecule has 1 aliphatic heterocycles. The van der Waals surface area contributed by atoms with Gasteiger partial charge in [0.2, 0.25) is 0 Å². The number of likely N-dealkylation sites (tertiary alicyclic amines) is 1. The highest BCUT2D eigenvalue weighted by molar-refractivity contribution is 5.90. The van der Waals surface area contributed by atoms with E-state index in [4.69, 9.17) is 4.74 Å². The van der Waals surface area contributed by atoms with Gasteiger partial charge in [0.25, 0.3) is 0 Å². The Labute approximate surface area is 149 Å². The lowest BCUT2D eigenvalue weighted by Gasteiger charge is -2.17. The van der Waals surface area contributed by atoms with Gasteiger partial charge < -0.3 is 9.64 Å². The SMILES string of the molecule is COC(=O)c1ccccc1CC1CCN(CCn2nc(C)cc2C)C1. The highest BCUT2D eigenvalue weighted by Crippen LogP contribution is 2.23. The van der Waals surface area contributed by atoms with Crippen LogP contribution >= 0.6 is 0 Å². The summed E-state index contributed by atoms with van der Waals surface area (Å²) in [6.07, 6.45) is 2.11. The maximum absolute atomic E-state index is 11.9. The fourth-order valence-corrected chi connectivity index (χ4v) is 3.74. The van der Waals surface area contributed by atoms with Gasteiger partial charge in [0.15, 0.2) is 0 Å². The summed E-state index contributed by atoms with van der Waals surface area (Å²) in [5, 5.41) is 4.54. The number of ether oxygens (including phenoxy) is 1. The zero-order chi connectivity index (χ0) is 17.8. The second kappa shape index (κ2) is 7.83. The standard InChI is InChI=1S/C20H27N3O2/c1-15-12-16(2)23(21-15)11-10-22-9-8-17(14-22)13-18-6-4-5-7-19(18)20(24)25-3/h4-7,12,17H,8-11,13-14H2,1-3H3. The van der Waals surface area contributed by atoms with Gasteiger partial charge in [-0.05, 0) is 56.8 Å². The second-order valence-electron chi connectivity index (χ2n) is 6.96. The first kappa shape index (κ1) is 17.7. The minimum Gasteiger partial charge on any atom is -0.465 e. The molecule has 5 heteroatoms. The molecule has 2 heterocycles. The molecule has 0 amide bonds. The van der Waals surface area contributed by atoms with Crippen LogP contribution in [-0.4, -0.2) is 47.4 Å². The van der Waals surface area contributed by atoms with Crippen molar-refractivity contribution in [3.63, 3.8) is 0 Å². The van der Waals surface area contributed by atoms with Crippen molar-refractivity contribution in [1.29, 1.82) is 0 Å². The Morgan fingerprint density at radius 2 is 2.08 bits per heavy atom. The summed E-state index contributed by atoms with van der Waals surface area (Å²) >= 11 is 0. The number of aryl methyl sites for hydroxylation is 2. The van der Waals surface area contributed by atoms with E-state index in [0.717, 1.165) is 43.9 Å². The van der Waals surface area contributed by atoms with Crippen LogP contribution in [0.3, 0.4) is 0 Å². The van der Waals surface area contributed by atoms with Crippen molar-refractivity contribution in [2.24, 2.45) is 5.92 Å². The third kappa shape index (κ3) is 4.28. The monoisotopic (exact) mass is 341 g/mol. The summed E-state index contributed by atoms with van der Waals surface area (Å²) in [5.74, 6) is 0.348. The lowest BCUT2D eigenvalue weighted by molar-refractivity contribution is 0.0599. The molecule has 0 aliphatic carbocycles. The van der Waals surface area contributed by atoms with Gasteiger partial charge in [-0.2, -0.15) is 5.10 Å². The molecular formula is C20H27N3O2. The van der Waals surface area contributed by atoms with E-state index in [-0.39, 0.29) is 5.97 Å². The molecule has 25 heavy (non-hydrogen) atoms. The Morgan fingerprint density at radius 3 is 2.80 bits per heavy atom. The smallest absolute Gasteiger partial charge is 0.338 e. The Hall–Kier alpha value is -2.14. The van der Waals surface area contributed by atoms with Crippen molar-refractivity contribution in [3.05, 3.63) is 52.8 Å². The van der Waals surface area contributed by atoms with Crippen LogP contribution in [0, 0.1) is 19.8 Å². The summed E-state index contributed by atoms with van der Waals surface area (Å²) < 4.78 is 7.00. The molecule has 0 bridgehead atoms. The molecule has 1 saturated heterocycles. The molecule has 5 nitrogen and oxygen atoms in total. The average Bonchev–Trinajstić information content (AvgIpc) is 3.18. The van der Waals surface area contributed by atoms with E-state index in [2.05, 4.69) is 27.7 Å². The third-order valence-corrected chi connectivity index (χ3v) is 5.03. The van der Waals surface area contributed by atoms with Gasteiger partial charge in [-0.15, -0.1) is 0 Å². The average molecular weight is 341 g/mol. The molecular weight excluding hydrogens is 314 g/mol. The molecule has 1 aromatic carbocycles. The number of hydrogen-bond acceptors (Lipinski definition) is 4. The number of nitrogens with zero attached hydrogens (tertiary/aromatic N) is 3. The van der Waals surface area contributed by atoms with E-state index < -0.39 is 0 Å². The number of rotatable bonds is 6. The maximum atomic E-state index is 11.9. The predicted octanol–water partition coefficient (Wildman–Crippen LogP) is 2.85. The van der Waals surface area contributed by atoms with Crippen LogP contribution in [0.25, 0.3) is 0 Å². The number of benzene rings is 1. The van der Waals surface area contributed by atoms with Gasteiger partial charge in [0.05, 0.1) is 24.9 Å². The van der Waals surface area contributed by atoms with E-state index in [1.807, 2.05) is 31.2 Å². The first-order chi connectivity index (χ1) is 12.1. The molecule has 0 spiro atoms. The Kier molecular flexibility index (Phi) is 5.53. The van der Waals surface area contributed by atoms with E-state index in [1.165, 1.54) is 19.2 Å². The highest BCUT2D eigenvalue weighted by Gasteiger charge is 2.24. The van der Waals surface area contributed by atoms with Crippen molar-refractivity contribution in [1.82, 2.24) is 14.7 Å². The van der Waals surface area contributed by atoms with E-state index in [1.54, 1.807) is 0 Å². The second-order valence-corrected chi connectivity index (χ2v) is 6.96. The first-order valence-electron chi connectivity index (χ1n) is 8.96. The zero-order valence-electron chi connectivity index (χ0n) is 15.4. The molecule has 0 N–H and O–H groups in total. The third-order valence-electron chi connectivity index (χ3n) is 5.03. The van der Waals surface area contributed by atoms with Crippen LogP contribution in [0.2, 0.25) is 0 Å². The van der Waals surface area contributed by atoms with Crippen molar-refractivity contribution in [2.45, 2.75) is 33.2 Å². The Balaban J connectivity index is 1.55. The number of methoxy groups -OCH3 is 1. The number of carbonyl (C=O) groups is 1. The predicted molar refractivity (Wildman–Crippen MR) is 97.7 cm³/mol. The Bertz CT molecular complexity index is 738. The van der Waals surface area contributed by atoms with Crippen LogP contribution in [0.5, 0.6) is 0 Å². The van der Waals surface area contributed by atoms with Crippen LogP contribution < -0.4 is 0 Å². The summed E-state index contributed by atoms with van der Waals surface area (Å²) in [7, 11) is 1.44. The minimum atomic E-state index is -0.241. The van der Waals surface area contributed by atoms with Gasteiger partial charge in [-0.25, -0.2) is 4.79 Å². The maximum Gasteiger partial charge on any atom is 0.338 e. The molecule has 1 unspecified atom stereocenters. The fourth-order valence-electron chi connectivity index (χ4n) is 3.74. The minimum absolute atomic E-state index is 0.241. The van der Waals surface area contributed by atoms with Crippen LogP contribution in [-0.2, 0) is 17.7 Å². The van der Waals surface area contributed by atoms with Gasteiger partial charge in [0, 0.05) is 18.8 Å². The van der Waals surface area contributed by atoms with Crippen molar-refractivity contribution in [3.8, 4) is 0 Å². The summed E-state index contributed by atoms with van der Waals surface area (Å²) in [5.41, 5.74) is 4.10. The first-order valence-corrected chi connectivity index (χ1v) is 8.96. The van der Waals surface area contributed by atoms with Crippen LogP contribution in [0.1, 0.15) is 33.7 Å². The van der Waals surface area contributed by atoms with E-state index >= 15 is 0 Å². The molecule has 1 fully saturated rings. The van der Waals surface area contributed by atoms with Gasteiger partial charge in [-0.1, -0.05) is 18.2 Å². The molecule has 2 aromatic rings. The molecule has 0 radical (unpaired) electrons. The zero-order valence-corrected chi connectivity index (χ0v) is 15.4. The van der Waals surface area contributed by atoms with Crippen molar-refractivity contribution in [2.75, 3.05) is 26.7 Å². The highest BCUT2D eigenvalue weighted by atomic mass is 16.5. The topological polar surface area (TPSA) is 47.4 Å². The lowest BCUT2D eigenvalue weighted by Crippen LogP contribution is -2.26. The molecule has 1 aliphatic rings. The largest absolute Gasteiger partial charge is 0.465 e. The van der Waals surface area contributed by atoms with E-state index in [0.29, 0.717) is 11.5 Å². The number of aromatic nitrogens is 2. The van der Waals surface area contributed by atoms with Crippen molar-refractivity contribution < 1.29 is 9.53 Å². The van der Waals surface area contributed by atoms with Gasteiger partial charge in [0.1, 0.15) is 0 Å². The van der Waals surface area contributed by atoms with Gasteiger partial charge >= 0.3 is 5.97 Å². The molecule has 1 aromatic heterocycles. The van der Waals surface area contributed by atoms with Crippen molar-refractivity contribution >= 4 is 5.97 Å². The lowest BCUT2D eigenvalue weighted by atomic mass is 9.95.